The first-order chi connectivity index (χ1) is 15.4. The van der Waals surface area contributed by atoms with Crippen LogP contribution in [0.5, 0.6) is 0 Å². The van der Waals surface area contributed by atoms with Crippen LogP contribution in [-0.4, -0.2) is 58.8 Å². The second-order valence-electron chi connectivity index (χ2n) is 7.07. The zero-order valence-corrected chi connectivity index (χ0v) is 17.3. The average molecular weight is 494 g/mol. The minimum Gasteiger partial charge on any atom is -0.475 e. The van der Waals surface area contributed by atoms with Gasteiger partial charge < -0.3 is 21.1 Å². The van der Waals surface area contributed by atoms with E-state index in [9.17, 15) is 26.7 Å². The third kappa shape index (κ3) is 4.89. The highest BCUT2D eigenvalue weighted by molar-refractivity contribution is 7.12. The van der Waals surface area contributed by atoms with Crippen molar-refractivity contribution in [3.63, 3.8) is 0 Å². The molecule has 0 saturated carbocycles. The summed E-state index contributed by atoms with van der Waals surface area (Å²) in [5.41, 5.74) is 3.91. The van der Waals surface area contributed by atoms with Gasteiger partial charge >= 0.3 is 12.1 Å². The molecule has 178 valence electrons. The molecular formula is C19H16F6N4O3S. The number of nitrogens with zero attached hydrogens (tertiary/aromatic N) is 2. The number of thiophene rings is 1. The number of fused-ring (bicyclic) bond motifs is 1. The maximum Gasteiger partial charge on any atom is 0.490 e. The highest BCUT2D eigenvalue weighted by Crippen LogP contribution is 2.38. The fraction of sp³-hybridized carbons (Fsp3) is 0.316. The van der Waals surface area contributed by atoms with Crippen LogP contribution in [0.25, 0.3) is 0 Å². The van der Waals surface area contributed by atoms with Gasteiger partial charge in [-0.05, 0) is 23.6 Å². The van der Waals surface area contributed by atoms with Crippen molar-refractivity contribution >= 4 is 34.7 Å². The van der Waals surface area contributed by atoms with E-state index in [-0.39, 0.29) is 42.5 Å². The van der Waals surface area contributed by atoms with Crippen LogP contribution in [0.3, 0.4) is 0 Å². The van der Waals surface area contributed by atoms with Crippen LogP contribution < -0.4 is 11.1 Å². The molecule has 7 nitrogen and oxygen atoms in total. The molecule has 14 heteroatoms. The molecule has 2 atom stereocenters. The molecule has 1 aromatic heterocycles. The normalized spacial score (nSPS) is 21.9. The summed E-state index contributed by atoms with van der Waals surface area (Å²) in [5, 5.41) is 11.6. The Morgan fingerprint density at radius 1 is 1.24 bits per heavy atom. The number of aliphatic imine (C=N–C) groups is 1. The average Bonchev–Trinajstić information content (AvgIpc) is 3.27. The van der Waals surface area contributed by atoms with Crippen molar-refractivity contribution in [3.05, 3.63) is 51.7 Å². The molecule has 2 aliphatic rings. The summed E-state index contributed by atoms with van der Waals surface area (Å²) in [6.07, 6.45) is -6.63. The summed E-state index contributed by atoms with van der Waals surface area (Å²) < 4.78 is 74.9. The number of carboxylic acid groups (broad SMARTS) is 1. The Kier molecular flexibility index (Phi) is 6.58. The van der Waals surface area contributed by atoms with Gasteiger partial charge in [0.25, 0.3) is 5.91 Å². The molecule has 0 unspecified atom stereocenters. The monoisotopic (exact) mass is 494 g/mol. The first-order valence-electron chi connectivity index (χ1n) is 9.24. The molecule has 1 amide bonds. The van der Waals surface area contributed by atoms with Crippen LogP contribution in [-0.2, 0) is 4.79 Å². The van der Waals surface area contributed by atoms with Gasteiger partial charge in [0.15, 0.2) is 11.8 Å². The molecule has 2 aromatic rings. The van der Waals surface area contributed by atoms with Crippen molar-refractivity contribution in [2.24, 2.45) is 10.7 Å². The van der Waals surface area contributed by atoms with E-state index < -0.39 is 35.6 Å². The molecule has 1 fully saturated rings. The largest absolute Gasteiger partial charge is 0.490 e. The van der Waals surface area contributed by atoms with E-state index in [2.05, 4.69) is 10.3 Å². The number of alkyl halides is 4. The summed E-state index contributed by atoms with van der Waals surface area (Å²) in [7, 11) is 0. The van der Waals surface area contributed by atoms with E-state index in [0.717, 1.165) is 12.1 Å². The maximum atomic E-state index is 15.0. The van der Waals surface area contributed by atoms with Crippen LogP contribution in [0.1, 0.15) is 21.7 Å². The van der Waals surface area contributed by atoms with Crippen molar-refractivity contribution in [3.8, 4) is 0 Å². The number of anilines is 1. The standard InChI is InChI=1S/C17H15F3N4OS.C2HF3O2/c18-9-3-4-10(19)14-13(9)15(21)23-17(22-14)5-6-24(8-12(17)20)16(25)11-2-1-7-26-11;3-2(4,5)1(6)7/h1-4,7,12,22H,5-6,8H2,(H2,21,23);(H,6,7)/t12-,17+;/m0./s1. The molecule has 4 N–H and O–H groups in total. The van der Waals surface area contributed by atoms with Crippen molar-refractivity contribution < 1.29 is 41.0 Å². The van der Waals surface area contributed by atoms with E-state index in [1.54, 1.807) is 17.5 Å². The number of carboxylic acids is 1. The molecule has 33 heavy (non-hydrogen) atoms. The van der Waals surface area contributed by atoms with Gasteiger partial charge in [-0.2, -0.15) is 13.2 Å². The lowest BCUT2D eigenvalue weighted by molar-refractivity contribution is -0.192. The van der Waals surface area contributed by atoms with E-state index in [1.807, 2.05) is 0 Å². The maximum absolute atomic E-state index is 15.0. The molecular weight excluding hydrogens is 478 g/mol. The molecule has 0 aliphatic carbocycles. The molecule has 1 spiro atoms. The predicted molar refractivity (Wildman–Crippen MR) is 107 cm³/mol. The van der Waals surface area contributed by atoms with Crippen molar-refractivity contribution in [1.82, 2.24) is 4.90 Å². The first kappa shape index (κ1) is 24.4. The SMILES string of the molecule is NC1=N[C@@]2(CCN(C(=O)c3cccs3)C[C@@H]2F)Nc2c(F)ccc(F)c21.O=C(O)C(F)(F)F. The Morgan fingerprint density at radius 2 is 1.88 bits per heavy atom. The van der Waals surface area contributed by atoms with Gasteiger partial charge in [-0.1, -0.05) is 6.07 Å². The van der Waals surface area contributed by atoms with Crippen molar-refractivity contribution in [2.75, 3.05) is 18.4 Å². The highest BCUT2D eigenvalue weighted by Gasteiger charge is 2.48. The Balaban J connectivity index is 0.000000383. The third-order valence-electron chi connectivity index (χ3n) is 4.94. The number of hydrogen-bond donors (Lipinski definition) is 3. The Bertz CT molecular complexity index is 1090. The number of amidine groups is 1. The minimum atomic E-state index is -5.08. The molecule has 1 saturated heterocycles. The molecule has 4 rings (SSSR count). The van der Waals surface area contributed by atoms with Gasteiger partial charge in [0.2, 0.25) is 0 Å². The second-order valence-corrected chi connectivity index (χ2v) is 8.02. The number of carbonyl (C=O) groups is 2. The lowest BCUT2D eigenvalue weighted by Gasteiger charge is -2.44. The van der Waals surface area contributed by atoms with Crippen molar-refractivity contribution in [2.45, 2.75) is 24.4 Å². The minimum absolute atomic E-state index is 0.0847. The smallest absolute Gasteiger partial charge is 0.475 e. The van der Waals surface area contributed by atoms with E-state index in [1.165, 1.54) is 16.2 Å². The van der Waals surface area contributed by atoms with Gasteiger partial charge in [0.05, 0.1) is 22.7 Å². The summed E-state index contributed by atoms with van der Waals surface area (Å²) in [6, 6.07) is 5.33. The summed E-state index contributed by atoms with van der Waals surface area (Å²) >= 11 is 1.28. The van der Waals surface area contributed by atoms with Gasteiger partial charge in [0, 0.05) is 13.0 Å². The Morgan fingerprint density at radius 3 is 2.42 bits per heavy atom. The quantitative estimate of drug-likeness (QED) is 0.527. The zero-order chi connectivity index (χ0) is 24.6. The molecule has 3 heterocycles. The van der Waals surface area contributed by atoms with Crippen LogP contribution in [0, 0.1) is 11.6 Å². The summed E-state index contributed by atoms with van der Waals surface area (Å²) in [6.45, 7) is -0.0000170. The lowest BCUT2D eigenvalue weighted by atomic mass is 9.91. The Hall–Kier alpha value is -3.29. The summed E-state index contributed by atoms with van der Waals surface area (Å²) in [5.74, 6) is -4.74. The highest BCUT2D eigenvalue weighted by atomic mass is 32.1. The number of nitrogens with one attached hydrogen (secondary N) is 1. The topological polar surface area (TPSA) is 108 Å². The fourth-order valence-electron chi connectivity index (χ4n) is 3.34. The fourth-order valence-corrected chi connectivity index (χ4v) is 4.04. The molecule has 0 radical (unpaired) electrons. The zero-order valence-electron chi connectivity index (χ0n) is 16.5. The second kappa shape index (κ2) is 8.92. The number of rotatable bonds is 1. The van der Waals surface area contributed by atoms with Crippen LogP contribution >= 0.6 is 11.3 Å². The number of aliphatic carboxylic acids is 1. The lowest BCUT2D eigenvalue weighted by Crippen LogP contribution is -2.60. The van der Waals surface area contributed by atoms with Gasteiger partial charge in [-0.3, -0.25) is 4.79 Å². The molecule has 0 bridgehead atoms. The van der Waals surface area contributed by atoms with Gasteiger partial charge in [0.1, 0.15) is 17.5 Å². The van der Waals surface area contributed by atoms with E-state index >= 15 is 4.39 Å². The number of likely N-dealkylation sites (tertiary alicyclic amines) is 1. The van der Waals surface area contributed by atoms with Crippen LogP contribution in [0.15, 0.2) is 34.6 Å². The molecule has 1 aromatic carbocycles. The van der Waals surface area contributed by atoms with Crippen LogP contribution in [0.4, 0.5) is 32.0 Å². The first-order valence-corrected chi connectivity index (χ1v) is 10.1. The van der Waals surface area contributed by atoms with Gasteiger partial charge in [-0.15, -0.1) is 11.3 Å². The number of halogens is 6. The number of piperidine rings is 1. The number of hydrogen-bond acceptors (Lipinski definition) is 6. The number of benzene rings is 1. The Labute approximate surface area is 186 Å². The van der Waals surface area contributed by atoms with E-state index in [0.29, 0.717) is 4.88 Å². The number of nitrogens with two attached hydrogens (primary N) is 1. The predicted octanol–water partition coefficient (Wildman–Crippen LogP) is 3.37. The van der Waals surface area contributed by atoms with E-state index in [4.69, 9.17) is 15.6 Å². The van der Waals surface area contributed by atoms with Gasteiger partial charge in [-0.25, -0.2) is 23.0 Å². The number of carbonyl (C=O) groups excluding carboxylic acids is 1. The number of amides is 1. The van der Waals surface area contributed by atoms with Crippen LogP contribution in [0.2, 0.25) is 0 Å². The van der Waals surface area contributed by atoms with Crippen molar-refractivity contribution in [1.29, 1.82) is 0 Å². The third-order valence-corrected chi connectivity index (χ3v) is 5.80. The summed E-state index contributed by atoms with van der Waals surface area (Å²) in [4.78, 5) is 27.3. The molecule has 2 aliphatic heterocycles.